The van der Waals surface area contributed by atoms with Crippen LogP contribution in [0.2, 0.25) is 6.04 Å². The third-order valence-corrected chi connectivity index (χ3v) is 7.99. The van der Waals surface area contributed by atoms with Gasteiger partial charge < -0.3 is 43.5 Å². The predicted octanol–water partition coefficient (Wildman–Crippen LogP) is -0.994. The molecule has 0 bridgehead atoms. The molecule has 0 saturated carbocycles. The number of nitrogens with zero attached hydrogens (tertiary/aromatic N) is 1. The normalized spacial score (nSPS) is 13.5. The topological polar surface area (TPSA) is 170 Å². The van der Waals surface area contributed by atoms with E-state index in [1.54, 1.807) is 21.3 Å². The molecule has 0 heterocycles. The van der Waals surface area contributed by atoms with E-state index in [1.807, 2.05) is 0 Å². The highest BCUT2D eigenvalue weighted by Crippen LogP contribution is 2.40. The molecule has 0 fully saturated rings. The summed E-state index contributed by atoms with van der Waals surface area (Å²) < 4.78 is 38.1. The van der Waals surface area contributed by atoms with Crippen LogP contribution in [0.15, 0.2) is 0 Å². The molecule has 12 nitrogen and oxygen atoms in total. The highest BCUT2D eigenvalue weighted by Gasteiger charge is 2.36. The van der Waals surface area contributed by atoms with Crippen LogP contribution in [0, 0.1) is 0 Å². The monoisotopic (exact) mass is 453 g/mol. The van der Waals surface area contributed by atoms with Crippen molar-refractivity contribution in [3.8, 4) is 0 Å². The van der Waals surface area contributed by atoms with Crippen LogP contribution in [0.25, 0.3) is 0 Å². The van der Waals surface area contributed by atoms with Gasteiger partial charge in [-0.3, -0.25) is 14.0 Å². The molecule has 0 aliphatic heterocycles. The third-order valence-electron chi connectivity index (χ3n) is 3.62. The maximum absolute atomic E-state index is 11.0. The minimum atomic E-state index is -4.39. The van der Waals surface area contributed by atoms with Gasteiger partial charge >= 0.3 is 24.0 Å². The van der Waals surface area contributed by atoms with E-state index in [4.69, 9.17) is 32.9 Å². The van der Waals surface area contributed by atoms with E-state index in [0.29, 0.717) is 25.7 Å². The second-order valence-corrected chi connectivity index (χ2v) is 12.2. The van der Waals surface area contributed by atoms with Crippen LogP contribution in [0.5, 0.6) is 0 Å². The lowest BCUT2D eigenvalue weighted by molar-refractivity contribution is 0.123. The zero-order valence-corrected chi connectivity index (χ0v) is 18.8. The van der Waals surface area contributed by atoms with E-state index < -0.39 is 36.6 Å². The van der Waals surface area contributed by atoms with Crippen molar-refractivity contribution < 1.29 is 42.0 Å². The second kappa shape index (κ2) is 13.5. The smallest absolute Gasteiger partial charge is 0.377 e. The Balaban J connectivity index is 3.93. The lowest BCUT2D eigenvalue weighted by Crippen LogP contribution is -2.43. The molecule has 27 heavy (non-hydrogen) atoms. The van der Waals surface area contributed by atoms with Gasteiger partial charge in [0.15, 0.2) is 0 Å². The number of rotatable bonds is 17. The van der Waals surface area contributed by atoms with Crippen LogP contribution < -0.4 is 10.6 Å². The summed E-state index contributed by atoms with van der Waals surface area (Å²) in [4.78, 5) is 37.0. The first-order valence-corrected chi connectivity index (χ1v) is 13.9. The van der Waals surface area contributed by atoms with E-state index in [1.165, 1.54) is 0 Å². The van der Waals surface area contributed by atoms with Crippen molar-refractivity contribution in [1.29, 1.82) is 0 Å². The lowest BCUT2D eigenvalue weighted by Gasteiger charge is -2.24. The minimum Gasteiger partial charge on any atom is -0.377 e. The van der Waals surface area contributed by atoms with Gasteiger partial charge in [-0.2, -0.15) is 0 Å². The zero-order valence-electron chi connectivity index (χ0n) is 16.0. The first-order valence-electron chi connectivity index (χ1n) is 8.35. The lowest BCUT2D eigenvalue weighted by atomic mass is 10.4. The van der Waals surface area contributed by atoms with E-state index in [0.717, 1.165) is 17.9 Å². The van der Waals surface area contributed by atoms with Crippen LogP contribution in [-0.4, -0.2) is 99.9 Å². The summed E-state index contributed by atoms with van der Waals surface area (Å²) in [5.74, 6) is 0. The summed E-state index contributed by atoms with van der Waals surface area (Å²) in [7, 11) is -6.61. The molecule has 0 saturated heterocycles. The molecule has 0 spiro atoms. The van der Waals surface area contributed by atoms with Gasteiger partial charge in [0, 0.05) is 53.6 Å². The van der Waals surface area contributed by atoms with Crippen molar-refractivity contribution in [1.82, 2.24) is 15.5 Å². The fourth-order valence-electron chi connectivity index (χ4n) is 2.36. The molecular weight excluding hydrogens is 420 g/mol. The Morgan fingerprint density at radius 2 is 1.26 bits per heavy atom. The van der Waals surface area contributed by atoms with E-state index in [2.05, 4.69) is 10.6 Å². The summed E-state index contributed by atoms with van der Waals surface area (Å²) in [6.07, 6.45) is -0.565. The van der Waals surface area contributed by atoms with E-state index in [-0.39, 0.29) is 6.54 Å². The van der Waals surface area contributed by atoms with Gasteiger partial charge in [-0.1, -0.05) is 0 Å². The molecule has 0 amide bonds. The largest absolute Gasteiger partial charge is 0.500 e. The van der Waals surface area contributed by atoms with Crippen LogP contribution in [0.1, 0.15) is 6.42 Å². The molecule has 0 aromatic carbocycles. The quantitative estimate of drug-likeness (QED) is 0.0904. The average Bonchev–Trinajstić information content (AvgIpc) is 2.54. The van der Waals surface area contributed by atoms with E-state index >= 15 is 0 Å². The zero-order chi connectivity index (χ0) is 21.0. The van der Waals surface area contributed by atoms with Gasteiger partial charge in [0.25, 0.3) is 0 Å². The number of hydrogen-bond donors (Lipinski definition) is 6. The second-order valence-electron chi connectivity index (χ2n) is 5.91. The maximum Gasteiger partial charge on any atom is 0.500 e. The molecule has 0 aromatic rings. The molecule has 0 aromatic heterocycles. The number of hydrogen-bond acceptors (Lipinski definition) is 8. The molecule has 0 rings (SSSR count). The van der Waals surface area contributed by atoms with Gasteiger partial charge in [-0.05, 0) is 13.0 Å². The minimum absolute atomic E-state index is 0.111. The Morgan fingerprint density at radius 3 is 1.67 bits per heavy atom. The first-order chi connectivity index (χ1) is 12.5. The fraction of sp³-hybridized carbons (Fsp3) is 1.00. The van der Waals surface area contributed by atoms with Gasteiger partial charge in [0.1, 0.15) is 12.6 Å². The Kier molecular flexibility index (Phi) is 13.6. The van der Waals surface area contributed by atoms with Crippen molar-refractivity contribution in [2.24, 2.45) is 0 Å². The SMILES string of the molecule is CO[Si](CCCNCCNCCN(CP(=O)(O)O)CP(=O)(O)O)(OC)OC. The van der Waals surface area contributed by atoms with E-state index in [9.17, 15) is 9.13 Å². The van der Waals surface area contributed by atoms with Gasteiger partial charge in [-0.15, -0.1) is 0 Å². The Hall–Kier alpha value is 0.277. The number of nitrogens with one attached hydrogen (secondary N) is 2. The van der Waals surface area contributed by atoms with Crippen LogP contribution in [0.3, 0.4) is 0 Å². The molecule has 0 aliphatic rings. The fourth-order valence-corrected chi connectivity index (χ4v) is 5.76. The summed E-state index contributed by atoms with van der Waals surface area (Å²) in [5, 5.41) is 6.28. The molecule has 0 aliphatic carbocycles. The maximum atomic E-state index is 11.0. The highest BCUT2D eigenvalue weighted by molar-refractivity contribution is 7.52. The van der Waals surface area contributed by atoms with Crippen molar-refractivity contribution in [2.75, 3.05) is 66.6 Å². The van der Waals surface area contributed by atoms with Gasteiger partial charge in [-0.25, -0.2) is 0 Å². The third kappa shape index (κ3) is 14.9. The molecule has 6 N–H and O–H groups in total. The molecule has 15 heteroatoms. The summed E-state index contributed by atoms with van der Waals surface area (Å²) >= 11 is 0. The van der Waals surface area contributed by atoms with Crippen molar-refractivity contribution in [3.63, 3.8) is 0 Å². The Morgan fingerprint density at radius 1 is 0.815 bits per heavy atom. The van der Waals surface area contributed by atoms with Gasteiger partial charge in [0.05, 0.1) is 0 Å². The molecular formula is C12H33N3O9P2Si. The van der Waals surface area contributed by atoms with Crippen molar-refractivity contribution in [2.45, 2.75) is 12.5 Å². The Bertz CT molecular complexity index is 454. The molecule has 0 unspecified atom stereocenters. The first kappa shape index (κ1) is 27.3. The van der Waals surface area contributed by atoms with Crippen molar-refractivity contribution >= 4 is 24.0 Å². The summed E-state index contributed by atoms with van der Waals surface area (Å²) in [6, 6.07) is 0.691. The van der Waals surface area contributed by atoms with Crippen molar-refractivity contribution in [3.05, 3.63) is 0 Å². The van der Waals surface area contributed by atoms with Crippen LogP contribution >= 0.6 is 15.2 Å². The molecule has 164 valence electrons. The Labute approximate surface area is 161 Å². The summed E-state index contributed by atoms with van der Waals surface area (Å²) in [5.41, 5.74) is 0. The highest BCUT2D eigenvalue weighted by atomic mass is 31.2. The molecule has 0 radical (unpaired) electrons. The van der Waals surface area contributed by atoms with Crippen LogP contribution in [0.4, 0.5) is 0 Å². The standard InChI is InChI=1S/C12H33N3O9P2Si/c1-22-27(23-2,24-3)10-4-5-13-6-7-14-8-9-15(11-25(16,17)18)12-26(19,20)21/h13-14H,4-12H2,1-3H3,(H2,16,17,18)(H2,19,20,21). The predicted molar refractivity (Wildman–Crippen MR) is 102 cm³/mol. The van der Waals surface area contributed by atoms with Crippen LogP contribution in [-0.2, 0) is 22.4 Å². The summed E-state index contributed by atoms with van der Waals surface area (Å²) in [6.45, 7) is 2.46. The van der Waals surface area contributed by atoms with Gasteiger partial charge in [0.2, 0.25) is 0 Å². The molecule has 0 atom stereocenters. The average molecular weight is 453 g/mol.